The van der Waals surface area contributed by atoms with Crippen molar-refractivity contribution < 1.29 is 19.7 Å². The molecule has 2 aromatic carbocycles. The molecule has 0 bridgehead atoms. The van der Waals surface area contributed by atoms with E-state index >= 15 is 0 Å². The number of aliphatic hydroxyl groups excluding tert-OH is 2. The van der Waals surface area contributed by atoms with Crippen LogP contribution in [0.4, 0.5) is 0 Å². The van der Waals surface area contributed by atoms with Gasteiger partial charge < -0.3 is 36.1 Å². The zero-order valence-corrected chi connectivity index (χ0v) is 20.2. The number of ether oxygens (including phenoxy) is 2. The van der Waals surface area contributed by atoms with E-state index < -0.39 is 12.2 Å². The minimum atomic E-state index is -0.581. The van der Waals surface area contributed by atoms with E-state index in [0.717, 1.165) is 35.6 Å². The van der Waals surface area contributed by atoms with Crippen molar-refractivity contribution in [3.8, 4) is 11.5 Å². The molecule has 0 aliphatic carbocycles. The molecule has 0 aromatic heterocycles. The highest BCUT2D eigenvalue weighted by Crippen LogP contribution is 2.33. The first-order chi connectivity index (χ1) is 15.9. The summed E-state index contributed by atoms with van der Waals surface area (Å²) in [5.41, 5.74) is 7.55. The number of hydrogen-bond donors (Lipinski definition) is 5. The molecule has 0 fully saturated rings. The maximum absolute atomic E-state index is 9.99. The first-order valence-electron chi connectivity index (χ1n) is 11.8. The summed E-state index contributed by atoms with van der Waals surface area (Å²) in [6.07, 6.45) is -0.0735. The van der Waals surface area contributed by atoms with Crippen LogP contribution in [0.1, 0.15) is 38.3 Å². The first kappa shape index (κ1) is 27.1. The molecule has 2 aromatic rings. The molecule has 0 spiro atoms. The van der Waals surface area contributed by atoms with E-state index in [1.54, 1.807) is 0 Å². The van der Waals surface area contributed by atoms with E-state index in [9.17, 15) is 10.2 Å². The lowest BCUT2D eigenvalue weighted by atomic mass is 9.78. The lowest BCUT2D eigenvalue weighted by Crippen LogP contribution is -2.34. The second-order valence-corrected chi connectivity index (χ2v) is 8.80. The largest absolute Gasteiger partial charge is 0.491 e. The summed E-state index contributed by atoms with van der Waals surface area (Å²) in [6.45, 7) is 10.0. The summed E-state index contributed by atoms with van der Waals surface area (Å²) >= 11 is 0. The zero-order chi connectivity index (χ0) is 24.1. The fraction of sp³-hybridized carbons (Fsp3) is 0.538. The van der Waals surface area contributed by atoms with Crippen molar-refractivity contribution >= 4 is 0 Å². The molecule has 0 amide bonds. The minimum Gasteiger partial charge on any atom is -0.491 e. The molecule has 7 heteroatoms. The smallest absolute Gasteiger partial charge is 0.119 e. The van der Waals surface area contributed by atoms with Crippen molar-refractivity contribution in [3.63, 3.8) is 0 Å². The fourth-order valence-electron chi connectivity index (χ4n) is 3.42. The predicted molar refractivity (Wildman–Crippen MR) is 133 cm³/mol. The Balaban J connectivity index is 1.88. The predicted octanol–water partition coefficient (Wildman–Crippen LogP) is 2.04. The highest BCUT2D eigenvalue weighted by atomic mass is 16.5. The summed E-state index contributed by atoms with van der Waals surface area (Å²) in [4.78, 5) is 0. The average molecular weight is 460 g/mol. The van der Waals surface area contributed by atoms with E-state index in [1.807, 2.05) is 24.3 Å². The topological polar surface area (TPSA) is 109 Å². The van der Waals surface area contributed by atoms with Gasteiger partial charge in [0.05, 0.1) is 0 Å². The Bertz CT molecular complexity index is 716. The number of rotatable bonds is 16. The lowest BCUT2D eigenvalue weighted by molar-refractivity contribution is 0.106. The van der Waals surface area contributed by atoms with Gasteiger partial charge in [-0.05, 0) is 48.4 Å². The standard InChI is InChI=1S/C26H41N3O4/c1-4-14-28-16-22(30)18-32-24-9-5-20(6-10-24)26(2,3)21-7-11-25(12-8-21)33-19-23(31)17-29-15-13-27/h5-12,22-23,28-31H,4,13-19,27H2,1-3H3. The van der Waals surface area contributed by atoms with Crippen molar-refractivity contribution in [2.75, 3.05) is 45.9 Å². The third-order valence-corrected chi connectivity index (χ3v) is 5.54. The molecular formula is C26H41N3O4. The van der Waals surface area contributed by atoms with Crippen LogP contribution in [0.5, 0.6) is 11.5 Å². The molecular weight excluding hydrogens is 418 g/mol. The van der Waals surface area contributed by atoms with Gasteiger partial charge in [0, 0.05) is 31.6 Å². The molecule has 0 radical (unpaired) electrons. The van der Waals surface area contributed by atoms with Crippen LogP contribution in [0.25, 0.3) is 0 Å². The Morgan fingerprint density at radius 1 is 0.788 bits per heavy atom. The highest BCUT2D eigenvalue weighted by Gasteiger charge is 2.23. The number of nitrogens with two attached hydrogens (primary N) is 1. The second-order valence-electron chi connectivity index (χ2n) is 8.80. The molecule has 0 aliphatic rings. The van der Waals surface area contributed by atoms with Gasteiger partial charge in [-0.3, -0.25) is 0 Å². The Hall–Kier alpha value is -2.16. The Morgan fingerprint density at radius 3 is 1.61 bits per heavy atom. The first-order valence-corrected chi connectivity index (χ1v) is 11.8. The van der Waals surface area contributed by atoms with Crippen molar-refractivity contribution in [1.82, 2.24) is 10.6 Å². The molecule has 6 N–H and O–H groups in total. The van der Waals surface area contributed by atoms with E-state index in [0.29, 0.717) is 26.2 Å². The molecule has 0 saturated heterocycles. The SMILES string of the molecule is CCCNCC(O)COc1ccc(C(C)(C)c2ccc(OCC(O)CNCCN)cc2)cc1. The quantitative estimate of drug-likeness (QED) is 0.244. The molecule has 2 atom stereocenters. The van der Waals surface area contributed by atoms with E-state index in [-0.39, 0.29) is 18.6 Å². The maximum Gasteiger partial charge on any atom is 0.119 e. The number of nitrogens with one attached hydrogen (secondary N) is 2. The number of aliphatic hydroxyl groups is 2. The monoisotopic (exact) mass is 459 g/mol. The van der Waals surface area contributed by atoms with Gasteiger partial charge in [-0.2, -0.15) is 0 Å². The number of hydrogen-bond acceptors (Lipinski definition) is 7. The van der Waals surface area contributed by atoms with Crippen molar-refractivity contribution in [1.29, 1.82) is 0 Å². The van der Waals surface area contributed by atoms with Crippen LogP contribution >= 0.6 is 0 Å². The van der Waals surface area contributed by atoms with Crippen LogP contribution in [0.15, 0.2) is 48.5 Å². The Kier molecular flexibility index (Phi) is 11.6. The molecule has 184 valence electrons. The van der Waals surface area contributed by atoms with Crippen LogP contribution in [0, 0.1) is 0 Å². The summed E-state index contributed by atoms with van der Waals surface area (Å²) in [7, 11) is 0. The van der Waals surface area contributed by atoms with Crippen LogP contribution in [0.2, 0.25) is 0 Å². The van der Waals surface area contributed by atoms with Gasteiger partial charge in [0.15, 0.2) is 0 Å². The minimum absolute atomic E-state index is 0.202. The maximum atomic E-state index is 9.99. The lowest BCUT2D eigenvalue weighted by Gasteiger charge is -2.26. The normalized spacial score (nSPS) is 13.5. The van der Waals surface area contributed by atoms with Crippen LogP contribution in [0.3, 0.4) is 0 Å². The van der Waals surface area contributed by atoms with Crippen LogP contribution < -0.4 is 25.8 Å². The van der Waals surface area contributed by atoms with Gasteiger partial charge in [0.2, 0.25) is 0 Å². The third-order valence-electron chi connectivity index (χ3n) is 5.54. The molecule has 0 heterocycles. The van der Waals surface area contributed by atoms with Crippen molar-refractivity contribution in [2.45, 2.75) is 44.8 Å². The van der Waals surface area contributed by atoms with Gasteiger partial charge in [0.1, 0.15) is 36.9 Å². The molecule has 0 aliphatic heterocycles. The van der Waals surface area contributed by atoms with Gasteiger partial charge in [0.25, 0.3) is 0 Å². The van der Waals surface area contributed by atoms with Crippen LogP contribution in [-0.2, 0) is 5.41 Å². The summed E-state index contributed by atoms with van der Waals surface area (Å²) in [6, 6.07) is 16.0. The van der Waals surface area contributed by atoms with Gasteiger partial charge >= 0.3 is 0 Å². The zero-order valence-electron chi connectivity index (χ0n) is 20.2. The summed E-state index contributed by atoms with van der Waals surface area (Å²) < 4.78 is 11.4. The molecule has 2 unspecified atom stereocenters. The second kappa shape index (κ2) is 14.2. The van der Waals surface area contributed by atoms with Gasteiger partial charge in [-0.25, -0.2) is 0 Å². The molecule has 7 nitrogen and oxygen atoms in total. The Morgan fingerprint density at radius 2 is 1.21 bits per heavy atom. The fourth-order valence-corrected chi connectivity index (χ4v) is 3.42. The molecule has 2 rings (SSSR count). The average Bonchev–Trinajstić information content (AvgIpc) is 2.82. The molecule has 0 saturated carbocycles. The van der Waals surface area contributed by atoms with Crippen LogP contribution in [-0.4, -0.2) is 68.4 Å². The summed E-state index contributed by atoms with van der Waals surface area (Å²) in [5.74, 6) is 1.47. The Labute approximate surface area is 198 Å². The van der Waals surface area contributed by atoms with Crippen molar-refractivity contribution in [3.05, 3.63) is 59.7 Å². The summed E-state index contributed by atoms with van der Waals surface area (Å²) in [5, 5.41) is 26.2. The molecule has 33 heavy (non-hydrogen) atoms. The number of benzene rings is 2. The third kappa shape index (κ3) is 9.31. The van der Waals surface area contributed by atoms with E-state index in [4.69, 9.17) is 15.2 Å². The van der Waals surface area contributed by atoms with E-state index in [2.05, 4.69) is 55.7 Å². The van der Waals surface area contributed by atoms with Gasteiger partial charge in [-0.15, -0.1) is 0 Å². The highest BCUT2D eigenvalue weighted by molar-refractivity contribution is 5.41. The van der Waals surface area contributed by atoms with Crippen molar-refractivity contribution in [2.24, 2.45) is 5.73 Å². The van der Waals surface area contributed by atoms with Gasteiger partial charge in [-0.1, -0.05) is 45.0 Å². The van der Waals surface area contributed by atoms with E-state index in [1.165, 1.54) is 0 Å².